The van der Waals surface area contributed by atoms with Crippen molar-refractivity contribution in [2.75, 3.05) is 0 Å². The molecule has 0 saturated carbocycles. The summed E-state index contributed by atoms with van der Waals surface area (Å²) in [7, 11) is 0. The van der Waals surface area contributed by atoms with Crippen LogP contribution in [0.15, 0.2) is 22.7 Å². The Morgan fingerprint density at radius 3 is 2.57 bits per heavy atom. The minimum absolute atomic E-state index is 0.216. The fourth-order valence-corrected chi connectivity index (χ4v) is 1.34. The molecule has 0 fully saturated rings. The smallest absolute Gasteiger partial charge is 0.372 e. The minimum Gasteiger partial charge on any atom is -0.475 e. The van der Waals surface area contributed by atoms with Crippen LogP contribution in [-0.2, 0) is 16.0 Å². The number of carbonyl (C=O) groups is 2. The van der Waals surface area contributed by atoms with Gasteiger partial charge in [-0.15, -0.1) is 0 Å². The van der Waals surface area contributed by atoms with Crippen LogP contribution < -0.4 is 0 Å². The number of carboxylic acids is 1. The van der Waals surface area contributed by atoms with Crippen LogP contribution in [0.3, 0.4) is 0 Å². The minimum atomic E-state index is -1.48. The summed E-state index contributed by atoms with van der Waals surface area (Å²) in [4.78, 5) is 21.0. The maximum Gasteiger partial charge on any atom is 0.372 e. The first-order chi connectivity index (χ1) is 6.50. The van der Waals surface area contributed by atoms with Gasteiger partial charge in [0.1, 0.15) is 5.82 Å². The Labute approximate surface area is 87.7 Å². The summed E-state index contributed by atoms with van der Waals surface area (Å²) >= 11 is 2.94. The predicted molar refractivity (Wildman–Crippen MR) is 50.4 cm³/mol. The molecule has 0 aromatic heterocycles. The van der Waals surface area contributed by atoms with Crippen molar-refractivity contribution >= 4 is 27.7 Å². The summed E-state index contributed by atoms with van der Waals surface area (Å²) in [5.41, 5.74) is 0.464. The van der Waals surface area contributed by atoms with E-state index in [0.717, 1.165) is 0 Å². The fraction of sp³-hybridized carbons (Fsp3) is 0.111. The lowest BCUT2D eigenvalue weighted by Gasteiger charge is -1.99. The molecule has 0 atom stereocenters. The highest BCUT2D eigenvalue weighted by Crippen LogP contribution is 2.17. The molecule has 1 aromatic carbocycles. The monoisotopic (exact) mass is 260 g/mol. The Morgan fingerprint density at radius 1 is 1.43 bits per heavy atom. The van der Waals surface area contributed by atoms with Crippen molar-refractivity contribution in [2.24, 2.45) is 0 Å². The van der Waals surface area contributed by atoms with Crippen molar-refractivity contribution in [2.45, 2.75) is 6.42 Å². The van der Waals surface area contributed by atoms with Crippen LogP contribution in [0.2, 0.25) is 0 Å². The molecule has 0 radical (unpaired) electrons. The molecule has 1 aromatic rings. The van der Waals surface area contributed by atoms with Gasteiger partial charge >= 0.3 is 5.97 Å². The first-order valence-electron chi connectivity index (χ1n) is 3.70. The van der Waals surface area contributed by atoms with E-state index in [0.29, 0.717) is 5.56 Å². The maximum absolute atomic E-state index is 12.7. The Kier molecular flexibility index (Phi) is 3.35. The SMILES string of the molecule is O=C(O)C(=O)Cc1ccc(F)c(Br)c1. The van der Waals surface area contributed by atoms with Gasteiger partial charge in [-0.1, -0.05) is 6.07 Å². The van der Waals surface area contributed by atoms with E-state index >= 15 is 0 Å². The molecule has 1 N–H and O–H groups in total. The molecular weight excluding hydrogens is 255 g/mol. The van der Waals surface area contributed by atoms with E-state index in [1.165, 1.54) is 18.2 Å². The molecule has 3 nitrogen and oxygen atoms in total. The molecule has 0 unspecified atom stereocenters. The summed E-state index contributed by atoms with van der Waals surface area (Å²) in [6.07, 6.45) is -0.228. The molecule has 0 aliphatic rings. The summed E-state index contributed by atoms with van der Waals surface area (Å²) in [5.74, 6) is -2.84. The summed E-state index contributed by atoms with van der Waals surface area (Å²) in [6.45, 7) is 0. The van der Waals surface area contributed by atoms with Gasteiger partial charge in [0.25, 0.3) is 0 Å². The van der Waals surface area contributed by atoms with E-state index in [2.05, 4.69) is 15.9 Å². The molecule has 0 saturated heterocycles. The van der Waals surface area contributed by atoms with Crippen molar-refractivity contribution in [3.8, 4) is 0 Å². The Bertz CT molecular complexity index is 390. The Morgan fingerprint density at radius 2 is 2.07 bits per heavy atom. The van der Waals surface area contributed by atoms with Crippen LogP contribution in [0.25, 0.3) is 0 Å². The van der Waals surface area contributed by atoms with Crippen molar-refractivity contribution < 1.29 is 19.1 Å². The van der Waals surface area contributed by atoms with Crippen LogP contribution in [0.5, 0.6) is 0 Å². The molecule has 0 amide bonds. The van der Waals surface area contributed by atoms with Crippen molar-refractivity contribution in [3.63, 3.8) is 0 Å². The zero-order valence-electron chi connectivity index (χ0n) is 6.96. The molecule has 14 heavy (non-hydrogen) atoms. The highest BCUT2D eigenvalue weighted by Gasteiger charge is 2.12. The lowest BCUT2D eigenvalue weighted by atomic mass is 10.1. The number of benzene rings is 1. The fourth-order valence-electron chi connectivity index (χ4n) is 0.911. The van der Waals surface area contributed by atoms with Gasteiger partial charge in [0.15, 0.2) is 0 Å². The van der Waals surface area contributed by atoms with Crippen molar-refractivity contribution in [1.82, 2.24) is 0 Å². The molecular formula is C9H6BrFO3. The normalized spacial score (nSPS) is 9.86. The van der Waals surface area contributed by atoms with Crippen molar-refractivity contribution in [1.29, 1.82) is 0 Å². The highest BCUT2D eigenvalue weighted by molar-refractivity contribution is 9.10. The number of carbonyl (C=O) groups excluding carboxylic acids is 1. The summed E-state index contributed by atoms with van der Waals surface area (Å²) < 4.78 is 13.0. The average Bonchev–Trinajstić information content (AvgIpc) is 2.11. The number of halogens is 2. The quantitative estimate of drug-likeness (QED) is 0.844. The van der Waals surface area contributed by atoms with Gasteiger partial charge < -0.3 is 5.11 Å². The number of hydrogen-bond acceptors (Lipinski definition) is 2. The molecule has 0 heterocycles. The van der Waals surface area contributed by atoms with Gasteiger partial charge in [-0.2, -0.15) is 0 Å². The third-order valence-electron chi connectivity index (χ3n) is 1.59. The summed E-state index contributed by atoms with van der Waals surface area (Å²) in [5, 5.41) is 8.33. The second-order valence-electron chi connectivity index (χ2n) is 2.65. The third kappa shape index (κ3) is 2.63. The molecule has 5 heteroatoms. The van der Waals surface area contributed by atoms with Gasteiger partial charge in [0.05, 0.1) is 4.47 Å². The summed E-state index contributed by atoms with van der Waals surface area (Å²) in [6, 6.07) is 3.94. The molecule has 0 aliphatic heterocycles. The number of rotatable bonds is 3. The second-order valence-corrected chi connectivity index (χ2v) is 3.51. The average molecular weight is 261 g/mol. The highest BCUT2D eigenvalue weighted by atomic mass is 79.9. The van der Waals surface area contributed by atoms with E-state index in [1.807, 2.05) is 0 Å². The van der Waals surface area contributed by atoms with Crippen LogP contribution in [0.1, 0.15) is 5.56 Å². The zero-order valence-corrected chi connectivity index (χ0v) is 8.54. The van der Waals surface area contributed by atoms with E-state index in [1.54, 1.807) is 0 Å². The van der Waals surface area contributed by atoms with E-state index in [-0.39, 0.29) is 10.9 Å². The molecule has 0 spiro atoms. The number of aliphatic carboxylic acids is 1. The maximum atomic E-state index is 12.7. The number of carboxylic acid groups (broad SMARTS) is 1. The first kappa shape index (κ1) is 10.8. The largest absolute Gasteiger partial charge is 0.475 e. The number of hydrogen-bond donors (Lipinski definition) is 1. The zero-order chi connectivity index (χ0) is 10.7. The third-order valence-corrected chi connectivity index (χ3v) is 2.19. The first-order valence-corrected chi connectivity index (χ1v) is 4.50. The van der Waals surface area contributed by atoms with Gasteiger partial charge in [-0.25, -0.2) is 9.18 Å². The standard InChI is InChI=1S/C9H6BrFO3/c10-6-3-5(1-2-7(6)11)4-8(12)9(13)14/h1-3H,4H2,(H,13,14). The lowest BCUT2D eigenvalue weighted by molar-refractivity contribution is -0.148. The van der Waals surface area contributed by atoms with E-state index in [9.17, 15) is 14.0 Å². The van der Waals surface area contributed by atoms with Gasteiger partial charge in [0, 0.05) is 6.42 Å². The van der Waals surface area contributed by atoms with Crippen LogP contribution in [0, 0.1) is 5.82 Å². The second kappa shape index (κ2) is 4.32. The Balaban J connectivity index is 2.83. The topological polar surface area (TPSA) is 54.4 Å². The number of Topliss-reactive ketones (excluding diaryl/α,β-unsaturated/α-hetero) is 1. The lowest BCUT2D eigenvalue weighted by Crippen LogP contribution is -2.15. The van der Waals surface area contributed by atoms with Gasteiger partial charge in [0.2, 0.25) is 5.78 Å². The number of ketones is 1. The van der Waals surface area contributed by atoms with Crippen LogP contribution in [-0.4, -0.2) is 16.9 Å². The molecule has 1 rings (SSSR count). The van der Waals surface area contributed by atoms with Crippen LogP contribution >= 0.6 is 15.9 Å². The molecule has 0 aliphatic carbocycles. The van der Waals surface area contributed by atoms with E-state index in [4.69, 9.17) is 5.11 Å². The molecule has 0 bridgehead atoms. The van der Waals surface area contributed by atoms with Crippen LogP contribution in [0.4, 0.5) is 4.39 Å². The Hall–Kier alpha value is -1.23. The van der Waals surface area contributed by atoms with Gasteiger partial charge in [-0.3, -0.25) is 4.79 Å². The van der Waals surface area contributed by atoms with Crippen molar-refractivity contribution in [3.05, 3.63) is 34.1 Å². The molecule has 74 valence electrons. The van der Waals surface area contributed by atoms with E-state index < -0.39 is 17.6 Å². The van der Waals surface area contributed by atoms with Gasteiger partial charge in [-0.05, 0) is 33.6 Å². The predicted octanol–water partition coefficient (Wildman–Crippen LogP) is 1.78.